The van der Waals surface area contributed by atoms with Gasteiger partial charge in [-0.05, 0) is 55.6 Å². The van der Waals surface area contributed by atoms with Crippen molar-refractivity contribution in [1.82, 2.24) is 10.2 Å². The van der Waals surface area contributed by atoms with Crippen LogP contribution in [0, 0.1) is 0 Å². The summed E-state index contributed by atoms with van der Waals surface area (Å²) in [5.41, 5.74) is 1.31. The molecule has 3 rings (SSSR count). The number of alkyl halides is 3. The third kappa shape index (κ3) is 6.34. The Hall–Kier alpha value is -2.79. The van der Waals surface area contributed by atoms with E-state index in [4.69, 9.17) is 0 Å². The molecular weight excluding hydrogens is 433 g/mol. The molecule has 2 N–H and O–H groups in total. The Balaban J connectivity index is 1.63. The topological polar surface area (TPSA) is 81.8 Å². The van der Waals surface area contributed by atoms with E-state index in [1.54, 1.807) is 17.4 Å². The van der Waals surface area contributed by atoms with Gasteiger partial charge in [-0.15, -0.1) is 0 Å². The fourth-order valence-corrected chi connectivity index (χ4v) is 4.15. The van der Waals surface area contributed by atoms with Crippen molar-refractivity contribution < 1.29 is 26.4 Å². The minimum absolute atomic E-state index is 0.0697. The zero-order valence-corrected chi connectivity index (χ0v) is 17.6. The number of hydrogen-bond donors (Lipinski definition) is 2. The van der Waals surface area contributed by atoms with Crippen molar-refractivity contribution in [2.75, 3.05) is 49.4 Å². The Kier molecular flexibility index (Phi) is 6.75. The molecule has 168 valence electrons. The van der Waals surface area contributed by atoms with Gasteiger partial charge >= 0.3 is 6.18 Å². The number of carbonyl (C=O) groups is 1. The number of hydrogen-bond acceptors (Lipinski definition) is 5. The highest BCUT2D eigenvalue weighted by molar-refractivity contribution is 7.92. The van der Waals surface area contributed by atoms with Gasteiger partial charge in [0.05, 0.1) is 4.90 Å². The minimum atomic E-state index is -4.53. The molecule has 31 heavy (non-hydrogen) atoms. The molecule has 2 aromatic carbocycles. The van der Waals surface area contributed by atoms with Gasteiger partial charge in [0.25, 0.3) is 15.9 Å². The van der Waals surface area contributed by atoms with Crippen molar-refractivity contribution in [3.63, 3.8) is 0 Å². The molecule has 7 nitrogen and oxygen atoms in total. The van der Waals surface area contributed by atoms with Crippen molar-refractivity contribution in [3.05, 3.63) is 54.1 Å². The van der Waals surface area contributed by atoms with Crippen molar-refractivity contribution in [2.45, 2.75) is 11.1 Å². The van der Waals surface area contributed by atoms with Crippen LogP contribution in [-0.4, -0.2) is 65.2 Å². The first-order valence-electron chi connectivity index (χ1n) is 9.55. The molecule has 1 aliphatic heterocycles. The molecule has 0 unspecified atom stereocenters. The minimum Gasteiger partial charge on any atom is -0.369 e. The highest BCUT2D eigenvalue weighted by Gasteiger charge is 2.28. The highest BCUT2D eigenvalue weighted by Crippen LogP contribution is 2.22. The van der Waals surface area contributed by atoms with Gasteiger partial charge in [0.1, 0.15) is 6.54 Å². The maximum Gasteiger partial charge on any atom is 0.405 e. The molecule has 2 aromatic rings. The molecular formula is C20H23F3N4O3S. The lowest BCUT2D eigenvalue weighted by molar-refractivity contribution is -0.123. The number of piperazine rings is 1. The Morgan fingerprint density at radius 2 is 1.55 bits per heavy atom. The molecule has 0 spiro atoms. The van der Waals surface area contributed by atoms with E-state index in [0.29, 0.717) is 5.69 Å². The normalized spacial score (nSPS) is 15.5. The van der Waals surface area contributed by atoms with E-state index in [2.05, 4.69) is 21.6 Å². The fourth-order valence-electron chi connectivity index (χ4n) is 3.09. The standard InChI is InChI=1S/C20H23F3N4O3S/c1-26-10-12-27(13-11-26)17-6-4-16(5-7-17)25-31(29,30)18-8-2-15(3-9-18)19(28)24-14-20(21,22)23/h2-9,25H,10-14H2,1H3,(H,24,28). The summed E-state index contributed by atoms with van der Waals surface area (Å²) < 4.78 is 64.2. The second-order valence-electron chi connectivity index (χ2n) is 7.26. The zero-order chi connectivity index (χ0) is 22.6. The summed E-state index contributed by atoms with van der Waals surface area (Å²) in [6.45, 7) is 2.24. The van der Waals surface area contributed by atoms with E-state index in [9.17, 15) is 26.4 Å². The van der Waals surface area contributed by atoms with Crippen LogP contribution in [0.2, 0.25) is 0 Å². The van der Waals surface area contributed by atoms with Crippen molar-refractivity contribution >= 4 is 27.3 Å². The maximum atomic E-state index is 12.6. The van der Waals surface area contributed by atoms with Gasteiger partial charge in [0, 0.05) is 43.1 Å². The quantitative estimate of drug-likeness (QED) is 0.698. The Morgan fingerprint density at radius 1 is 0.968 bits per heavy atom. The average Bonchev–Trinajstić information content (AvgIpc) is 2.72. The van der Waals surface area contributed by atoms with E-state index in [0.717, 1.165) is 44.0 Å². The molecule has 1 amide bonds. The lowest BCUT2D eigenvalue weighted by Gasteiger charge is -2.34. The number of carbonyl (C=O) groups excluding carboxylic acids is 1. The van der Waals surface area contributed by atoms with Gasteiger partial charge in [0.15, 0.2) is 0 Å². The molecule has 0 bridgehead atoms. The van der Waals surface area contributed by atoms with E-state index in [-0.39, 0.29) is 10.5 Å². The summed E-state index contributed by atoms with van der Waals surface area (Å²) in [5.74, 6) is -0.936. The number of anilines is 2. The lowest BCUT2D eigenvalue weighted by Crippen LogP contribution is -2.44. The second kappa shape index (κ2) is 9.15. The first-order valence-corrected chi connectivity index (χ1v) is 11.0. The summed E-state index contributed by atoms with van der Waals surface area (Å²) >= 11 is 0. The lowest BCUT2D eigenvalue weighted by atomic mass is 10.2. The van der Waals surface area contributed by atoms with E-state index < -0.39 is 28.7 Å². The third-order valence-electron chi connectivity index (χ3n) is 4.86. The Labute approximate surface area is 178 Å². The van der Waals surface area contributed by atoms with Crippen molar-refractivity contribution in [1.29, 1.82) is 0 Å². The number of sulfonamides is 1. The van der Waals surface area contributed by atoms with E-state index in [1.807, 2.05) is 12.1 Å². The largest absolute Gasteiger partial charge is 0.405 e. The molecule has 0 atom stereocenters. The van der Waals surface area contributed by atoms with Crippen LogP contribution in [0.3, 0.4) is 0 Å². The number of halogens is 3. The first-order chi connectivity index (χ1) is 14.5. The summed E-state index contributed by atoms with van der Waals surface area (Å²) in [6.07, 6.45) is -4.53. The van der Waals surface area contributed by atoms with Gasteiger partial charge < -0.3 is 15.1 Å². The Bertz CT molecular complexity index is 1000. The molecule has 1 fully saturated rings. The number of nitrogens with zero attached hydrogens (tertiary/aromatic N) is 2. The number of nitrogens with one attached hydrogen (secondary N) is 2. The summed E-state index contributed by atoms with van der Waals surface area (Å²) in [4.78, 5) is 16.1. The molecule has 1 aliphatic rings. The molecule has 1 saturated heterocycles. The van der Waals surface area contributed by atoms with Crippen LogP contribution in [0.1, 0.15) is 10.4 Å². The molecule has 1 heterocycles. The molecule has 0 aromatic heterocycles. The van der Waals surface area contributed by atoms with E-state index in [1.165, 1.54) is 12.1 Å². The second-order valence-corrected chi connectivity index (χ2v) is 8.95. The van der Waals surface area contributed by atoms with Gasteiger partial charge in [-0.25, -0.2) is 8.42 Å². The number of amides is 1. The Morgan fingerprint density at radius 3 is 2.10 bits per heavy atom. The molecule has 11 heteroatoms. The van der Waals surface area contributed by atoms with Crippen LogP contribution in [0.5, 0.6) is 0 Å². The average molecular weight is 456 g/mol. The number of likely N-dealkylation sites (N-methyl/N-ethyl adjacent to an activating group) is 1. The number of benzene rings is 2. The van der Waals surface area contributed by atoms with Gasteiger partial charge in [-0.1, -0.05) is 0 Å². The van der Waals surface area contributed by atoms with Crippen LogP contribution >= 0.6 is 0 Å². The highest BCUT2D eigenvalue weighted by atomic mass is 32.2. The van der Waals surface area contributed by atoms with E-state index >= 15 is 0 Å². The molecule has 0 radical (unpaired) electrons. The fraction of sp³-hybridized carbons (Fsp3) is 0.350. The summed E-state index contributed by atoms with van der Waals surface area (Å²) in [5, 5.41) is 1.74. The SMILES string of the molecule is CN1CCN(c2ccc(NS(=O)(=O)c3ccc(C(=O)NCC(F)(F)F)cc3)cc2)CC1. The van der Waals surface area contributed by atoms with Crippen molar-refractivity contribution in [3.8, 4) is 0 Å². The van der Waals surface area contributed by atoms with Crippen LogP contribution in [0.4, 0.5) is 24.5 Å². The smallest absolute Gasteiger partial charge is 0.369 e. The predicted octanol–water partition coefficient (Wildman–Crippen LogP) is 2.53. The maximum absolute atomic E-state index is 12.6. The summed E-state index contributed by atoms with van der Waals surface area (Å²) in [6, 6.07) is 11.7. The molecule has 0 saturated carbocycles. The van der Waals surface area contributed by atoms with Gasteiger partial charge in [-0.2, -0.15) is 13.2 Å². The van der Waals surface area contributed by atoms with Crippen molar-refractivity contribution in [2.24, 2.45) is 0 Å². The van der Waals surface area contributed by atoms with Gasteiger partial charge in [-0.3, -0.25) is 9.52 Å². The van der Waals surface area contributed by atoms with Crippen LogP contribution < -0.4 is 14.9 Å². The first kappa shape index (κ1) is 22.9. The van der Waals surface area contributed by atoms with Crippen LogP contribution in [0.25, 0.3) is 0 Å². The number of rotatable bonds is 6. The van der Waals surface area contributed by atoms with Crippen LogP contribution in [-0.2, 0) is 10.0 Å². The third-order valence-corrected chi connectivity index (χ3v) is 6.26. The summed E-state index contributed by atoms with van der Waals surface area (Å²) in [7, 11) is -1.85. The predicted molar refractivity (Wildman–Crippen MR) is 112 cm³/mol. The van der Waals surface area contributed by atoms with Gasteiger partial charge in [0.2, 0.25) is 0 Å². The monoisotopic (exact) mass is 456 g/mol. The molecule has 0 aliphatic carbocycles. The van der Waals surface area contributed by atoms with Crippen LogP contribution in [0.15, 0.2) is 53.4 Å². The zero-order valence-electron chi connectivity index (χ0n) is 16.8.